The van der Waals surface area contributed by atoms with Gasteiger partial charge in [0.2, 0.25) is 21.8 Å². The van der Waals surface area contributed by atoms with Gasteiger partial charge in [0.15, 0.2) is 0 Å². The van der Waals surface area contributed by atoms with Crippen LogP contribution in [0.15, 0.2) is 53.4 Å². The predicted molar refractivity (Wildman–Crippen MR) is 127 cm³/mol. The van der Waals surface area contributed by atoms with Gasteiger partial charge in [0.05, 0.1) is 11.4 Å². The normalized spacial score (nSPS) is 16.7. The zero-order valence-corrected chi connectivity index (χ0v) is 19.4. The van der Waals surface area contributed by atoms with Crippen molar-refractivity contribution < 1.29 is 22.8 Å². The van der Waals surface area contributed by atoms with Crippen molar-refractivity contribution in [1.82, 2.24) is 9.80 Å². The van der Waals surface area contributed by atoms with Gasteiger partial charge in [-0.25, -0.2) is 13.6 Å². The van der Waals surface area contributed by atoms with Crippen LogP contribution in [0.3, 0.4) is 0 Å². The minimum atomic E-state index is -3.87. The largest absolute Gasteiger partial charge is 0.340 e. The molecule has 0 unspecified atom stereocenters. The maximum absolute atomic E-state index is 12.5. The lowest BCUT2D eigenvalue weighted by molar-refractivity contribution is -0.134. The first-order valence-electron chi connectivity index (χ1n) is 11.0. The van der Waals surface area contributed by atoms with Crippen LogP contribution in [0.2, 0.25) is 0 Å². The van der Waals surface area contributed by atoms with Crippen LogP contribution in [0.4, 0.5) is 11.4 Å². The van der Waals surface area contributed by atoms with Gasteiger partial charge >= 0.3 is 0 Å². The summed E-state index contributed by atoms with van der Waals surface area (Å²) in [5, 5.41) is 10.6. The van der Waals surface area contributed by atoms with Crippen LogP contribution < -0.4 is 15.8 Å². The second-order valence-electron chi connectivity index (χ2n) is 8.53. The van der Waals surface area contributed by atoms with E-state index in [1.165, 1.54) is 18.2 Å². The summed E-state index contributed by atoms with van der Waals surface area (Å²) in [6.07, 6.45) is 1.99. The number of amides is 3. The Morgan fingerprint density at radius 2 is 1.59 bits per heavy atom. The average molecular weight is 486 g/mol. The minimum absolute atomic E-state index is 0.0979. The zero-order valence-electron chi connectivity index (χ0n) is 18.6. The molecule has 11 heteroatoms. The molecule has 0 radical (unpaired) electrons. The molecule has 34 heavy (non-hydrogen) atoms. The van der Waals surface area contributed by atoms with Crippen LogP contribution in [0.25, 0.3) is 0 Å². The first-order chi connectivity index (χ1) is 16.2. The number of sulfonamides is 1. The Bertz CT molecular complexity index is 1190. The molecule has 3 amide bonds. The van der Waals surface area contributed by atoms with Gasteiger partial charge in [0, 0.05) is 49.0 Å². The Morgan fingerprint density at radius 1 is 0.912 bits per heavy atom. The molecular weight excluding hydrogens is 458 g/mol. The average Bonchev–Trinajstić information content (AvgIpc) is 3.65. The number of carbonyl (C=O) groups excluding carboxylic acids is 3. The Balaban J connectivity index is 1.26. The summed E-state index contributed by atoms with van der Waals surface area (Å²) in [7, 11) is -3.87. The van der Waals surface area contributed by atoms with Crippen molar-refractivity contribution in [3.63, 3.8) is 0 Å². The summed E-state index contributed by atoms with van der Waals surface area (Å²) < 4.78 is 22.9. The predicted octanol–water partition coefficient (Wildman–Crippen LogP) is 1.08. The van der Waals surface area contributed by atoms with E-state index in [-0.39, 0.29) is 29.2 Å². The summed E-state index contributed by atoms with van der Waals surface area (Å²) in [5.41, 5.74) is 1.20. The number of primary sulfonamides is 1. The van der Waals surface area contributed by atoms with Gasteiger partial charge in [-0.1, -0.05) is 6.07 Å². The summed E-state index contributed by atoms with van der Waals surface area (Å²) in [6.45, 7) is 2.85. The fraction of sp³-hybridized carbons (Fsp3) is 0.348. The van der Waals surface area contributed by atoms with Crippen molar-refractivity contribution in [2.45, 2.75) is 17.7 Å². The molecule has 1 saturated heterocycles. The quantitative estimate of drug-likeness (QED) is 0.536. The molecule has 180 valence electrons. The fourth-order valence-electron chi connectivity index (χ4n) is 3.78. The molecular formula is C23H27N5O5S. The van der Waals surface area contributed by atoms with Gasteiger partial charge in [-0.15, -0.1) is 0 Å². The van der Waals surface area contributed by atoms with Crippen molar-refractivity contribution in [3.8, 4) is 0 Å². The van der Waals surface area contributed by atoms with Crippen molar-refractivity contribution in [1.29, 1.82) is 0 Å². The monoisotopic (exact) mass is 485 g/mol. The van der Waals surface area contributed by atoms with Crippen molar-refractivity contribution in [3.05, 3.63) is 54.1 Å². The smallest absolute Gasteiger partial charge is 0.255 e. The van der Waals surface area contributed by atoms with E-state index in [0.29, 0.717) is 43.1 Å². The highest BCUT2D eigenvalue weighted by Crippen LogP contribution is 2.31. The number of benzene rings is 2. The third kappa shape index (κ3) is 6.19. The van der Waals surface area contributed by atoms with Crippen LogP contribution in [0.1, 0.15) is 23.2 Å². The van der Waals surface area contributed by atoms with Gasteiger partial charge < -0.3 is 15.5 Å². The molecule has 1 saturated carbocycles. The lowest BCUT2D eigenvalue weighted by Crippen LogP contribution is -2.50. The van der Waals surface area contributed by atoms with Crippen LogP contribution >= 0.6 is 0 Å². The van der Waals surface area contributed by atoms with Crippen LogP contribution in [-0.4, -0.2) is 68.7 Å². The topological polar surface area (TPSA) is 142 Å². The van der Waals surface area contributed by atoms with E-state index in [9.17, 15) is 22.8 Å². The first-order valence-corrected chi connectivity index (χ1v) is 12.6. The van der Waals surface area contributed by atoms with Gasteiger partial charge in [-0.3, -0.25) is 19.3 Å². The van der Waals surface area contributed by atoms with E-state index >= 15 is 0 Å². The fourth-order valence-corrected chi connectivity index (χ4v) is 4.34. The molecule has 0 spiro atoms. The third-order valence-electron chi connectivity index (χ3n) is 5.83. The molecule has 0 atom stereocenters. The number of piperazine rings is 1. The highest BCUT2D eigenvalue weighted by molar-refractivity contribution is 7.89. The molecule has 2 fully saturated rings. The minimum Gasteiger partial charge on any atom is -0.340 e. The number of hydrogen-bond acceptors (Lipinski definition) is 6. The SMILES string of the molecule is NS(=O)(=O)c1cccc(NC(=O)c2ccc(NC(=O)CN3CCN(C(=O)C4CC4)CC3)cc2)c1. The molecule has 2 aliphatic rings. The summed E-state index contributed by atoms with van der Waals surface area (Å²) in [5.74, 6) is -0.139. The Labute approximate surface area is 198 Å². The third-order valence-corrected chi connectivity index (χ3v) is 6.74. The molecule has 2 aromatic rings. The molecule has 1 aliphatic heterocycles. The number of carbonyl (C=O) groups is 3. The van der Waals surface area contributed by atoms with Crippen molar-refractivity contribution >= 4 is 39.1 Å². The Hall–Kier alpha value is -3.28. The van der Waals surface area contributed by atoms with Crippen molar-refractivity contribution in [2.24, 2.45) is 11.1 Å². The standard InChI is InChI=1S/C23H27N5O5S/c24-34(32,33)20-3-1-2-19(14-20)26-22(30)16-6-8-18(9-7-16)25-21(29)15-27-10-12-28(13-11-27)23(31)17-4-5-17/h1-3,6-9,14,17H,4-5,10-13,15H2,(H,25,29)(H,26,30)(H2,24,32,33). The lowest BCUT2D eigenvalue weighted by Gasteiger charge is -2.34. The first kappa shape index (κ1) is 23.9. The molecule has 1 aliphatic carbocycles. The molecule has 0 aromatic heterocycles. The van der Waals surface area contributed by atoms with E-state index in [4.69, 9.17) is 5.14 Å². The molecule has 1 heterocycles. The lowest BCUT2D eigenvalue weighted by atomic mass is 10.2. The maximum atomic E-state index is 12.5. The van der Waals surface area contributed by atoms with Gasteiger partial charge in [0.25, 0.3) is 5.91 Å². The zero-order chi connectivity index (χ0) is 24.3. The van der Waals surface area contributed by atoms with Gasteiger partial charge in [0.1, 0.15) is 0 Å². The van der Waals surface area contributed by atoms with E-state index < -0.39 is 15.9 Å². The number of nitrogens with zero attached hydrogens (tertiary/aromatic N) is 2. The molecule has 10 nitrogen and oxygen atoms in total. The van der Waals surface area contributed by atoms with E-state index in [1.807, 2.05) is 9.80 Å². The van der Waals surface area contributed by atoms with Crippen molar-refractivity contribution in [2.75, 3.05) is 43.4 Å². The van der Waals surface area contributed by atoms with E-state index in [0.717, 1.165) is 12.8 Å². The Morgan fingerprint density at radius 3 is 2.21 bits per heavy atom. The highest BCUT2D eigenvalue weighted by atomic mass is 32.2. The number of anilines is 2. The molecule has 4 rings (SSSR count). The van der Waals surface area contributed by atoms with Crippen LogP contribution in [-0.2, 0) is 19.6 Å². The molecule has 2 aromatic carbocycles. The number of nitrogens with one attached hydrogen (secondary N) is 2. The van der Waals surface area contributed by atoms with Crippen LogP contribution in [0, 0.1) is 5.92 Å². The van der Waals surface area contributed by atoms with Gasteiger partial charge in [-0.2, -0.15) is 0 Å². The summed E-state index contributed by atoms with van der Waals surface area (Å²) >= 11 is 0. The second-order valence-corrected chi connectivity index (χ2v) is 10.1. The highest BCUT2D eigenvalue weighted by Gasteiger charge is 2.34. The van der Waals surface area contributed by atoms with Gasteiger partial charge in [-0.05, 0) is 55.3 Å². The molecule has 4 N–H and O–H groups in total. The van der Waals surface area contributed by atoms with E-state index in [1.54, 1.807) is 30.3 Å². The number of rotatable bonds is 7. The summed E-state index contributed by atoms with van der Waals surface area (Å²) in [6, 6.07) is 12.0. The number of hydrogen-bond donors (Lipinski definition) is 3. The summed E-state index contributed by atoms with van der Waals surface area (Å²) in [4.78, 5) is 40.8. The van der Waals surface area contributed by atoms with E-state index in [2.05, 4.69) is 10.6 Å². The number of nitrogens with two attached hydrogens (primary N) is 1. The second kappa shape index (κ2) is 9.92. The van der Waals surface area contributed by atoms with Crippen LogP contribution in [0.5, 0.6) is 0 Å². The molecule has 0 bridgehead atoms. The maximum Gasteiger partial charge on any atom is 0.255 e. The Kier molecular flexibility index (Phi) is 6.96.